The lowest BCUT2D eigenvalue weighted by molar-refractivity contribution is -0.304. The summed E-state index contributed by atoms with van der Waals surface area (Å²) in [4.78, 5) is 0. The minimum absolute atomic E-state index is 0.0882. The van der Waals surface area contributed by atoms with Crippen molar-refractivity contribution in [3.8, 4) is 0 Å². The van der Waals surface area contributed by atoms with Crippen molar-refractivity contribution in [1.82, 2.24) is 30.0 Å². The minimum atomic E-state index is -1.53. The van der Waals surface area contributed by atoms with Crippen LogP contribution < -0.4 is 0 Å². The zero-order valence-electron chi connectivity index (χ0n) is 23.4. The fourth-order valence-corrected chi connectivity index (χ4v) is 4.83. The van der Waals surface area contributed by atoms with Gasteiger partial charge >= 0.3 is 0 Å². The van der Waals surface area contributed by atoms with Gasteiger partial charge in [-0.05, 0) is 11.1 Å². The van der Waals surface area contributed by atoms with Gasteiger partial charge in [0.2, 0.25) is 0 Å². The van der Waals surface area contributed by atoms with Gasteiger partial charge in [-0.2, -0.15) is 0 Å². The van der Waals surface area contributed by atoms with E-state index in [1.807, 2.05) is 24.3 Å². The second-order valence-electron chi connectivity index (χ2n) is 10.6. The Bertz CT molecular complexity index is 1220. The van der Waals surface area contributed by atoms with E-state index in [1.54, 1.807) is 21.8 Å². The first kappa shape index (κ1) is 32.4. The normalized spacial score (nSPS) is 32.6. The summed E-state index contributed by atoms with van der Waals surface area (Å²) in [7, 11) is 0. The van der Waals surface area contributed by atoms with Crippen LogP contribution in [0.25, 0.3) is 0 Å². The van der Waals surface area contributed by atoms with E-state index in [9.17, 15) is 40.9 Å². The van der Waals surface area contributed by atoms with E-state index < -0.39 is 74.6 Å². The largest absolute Gasteiger partial charge is 0.394 e. The van der Waals surface area contributed by atoms with Crippen LogP contribution in [0.4, 0.5) is 0 Å². The predicted molar refractivity (Wildman–Crippen MR) is 142 cm³/mol. The molecule has 0 saturated carbocycles. The van der Waals surface area contributed by atoms with Crippen LogP contribution in [0.3, 0.4) is 0 Å². The average molecular weight is 625 g/mol. The van der Waals surface area contributed by atoms with Crippen LogP contribution in [-0.2, 0) is 45.3 Å². The lowest BCUT2D eigenvalue weighted by atomic mass is 9.99. The van der Waals surface area contributed by atoms with E-state index in [0.717, 1.165) is 11.1 Å². The topological polar surface area (TPSA) is 260 Å². The zero-order valence-corrected chi connectivity index (χ0v) is 23.4. The molecule has 18 heteroatoms. The summed E-state index contributed by atoms with van der Waals surface area (Å²) >= 11 is 0. The first-order chi connectivity index (χ1) is 21.2. The molecule has 10 atom stereocenters. The number of rotatable bonds is 12. The molecule has 0 bridgehead atoms. The summed E-state index contributed by atoms with van der Waals surface area (Å²) < 4.78 is 24.8. The molecule has 2 aliphatic heterocycles. The van der Waals surface area contributed by atoms with Crippen LogP contribution in [-0.4, -0.2) is 145 Å². The molecule has 4 heterocycles. The van der Waals surface area contributed by atoms with Gasteiger partial charge in [-0.1, -0.05) is 34.7 Å². The molecule has 44 heavy (non-hydrogen) atoms. The highest BCUT2D eigenvalue weighted by molar-refractivity contribution is 5.23. The molecule has 18 nitrogen and oxygen atoms in total. The standard InChI is InChI=1S/C26H36N6O12/c33-9-17-19(35)21(37)23(39)25(43-17)41-11-15-7-31(29-27-15)5-13-1-2-14(4-3-13)6-32-8-16(28-30-32)12-42-26-24(40)22(38)20(36)18(10-34)44-26/h1-4,7-8,17-26,33-40H,5-6,9-12H2/t17-,18-,19-,20-,21+,22+,23+,24+,25+,26+/m1/s1. The molecule has 242 valence electrons. The Kier molecular flexibility index (Phi) is 10.6. The second-order valence-corrected chi connectivity index (χ2v) is 10.6. The van der Waals surface area contributed by atoms with Crippen molar-refractivity contribution >= 4 is 0 Å². The molecular formula is C26H36N6O12. The Morgan fingerprint density at radius 1 is 0.591 bits per heavy atom. The first-order valence-electron chi connectivity index (χ1n) is 13.9. The maximum absolute atomic E-state index is 10.1. The number of hydrogen-bond acceptors (Lipinski definition) is 16. The molecule has 0 radical (unpaired) electrons. The minimum Gasteiger partial charge on any atom is -0.394 e. The number of ether oxygens (including phenoxy) is 4. The summed E-state index contributed by atoms with van der Waals surface area (Å²) in [6.45, 7) is -0.456. The summed E-state index contributed by atoms with van der Waals surface area (Å²) in [5.74, 6) is 0. The van der Waals surface area contributed by atoms with E-state index >= 15 is 0 Å². The van der Waals surface area contributed by atoms with Crippen molar-refractivity contribution in [2.75, 3.05) is 13.2 Å². The van der Waals surface area contributed by atoms with Gasteiger partial charge < -0.3 is 59.8 Å². The van der Waals surface area contributed by atoms with Crippen LogP contribution >= 0.6 is 0 Å². The lowest BCUT2D eigenvalue weighted by Crippen LogP contribution is -2.59. The number of aliphatic hydroxyl groups is 8. The molecule has 8 N–H and O–H groups in total. The van der Waals surface area contributed by atoms with E-state index in [4.69, 9.17) is 18.9 Å². The van der Waals surface area contributed by atoms with Gasteiger partial charge in [0.25, 0.3) is 0 Å². The van der Waals surface area contributed by atoms with Crippen LogP contribution in [0.15, 0.2) is 36.7 Å². The highest BCUT2D eigenvalue weighted by Crippen LogP contribution is 2.24. The molecule has 0 amide bonds. The van der Waals surface area contributed by atoms with Crippen LogP contribution in [0.5, 0.6) is 0 Å². The van der Waals surface area contributed by atoms with Crippen molar-refractivity contribution in [2.45, 2.75) is 87.7 Å². The van der Waals surface area contributed by atoms with Crippen molar-refractivity contribution in [1.29, 1.82) is 0 Å². The average Bonchev–Trinajstić information content (AvgIpc) is 3.68. The highest BCUT2D eigenvalue weighted by atomic mass is 16.7. The fraction of sp³-hybridized carbons (Fsp3) is 0.615. The van der Waals surface area contributed by atoms with Crippen LogP contribution in [0.1, 0.15) is 22.5 Å². The maximum Gasteiger partial charge on any atom is 0.187 e. The van der Waals surface area contributed by atoms with Crippen molar-refractivity contribution in [3.63, 3.8) is 0 Å². The summed E-state index contributed by atoms with van der Waals surface area (Å²) in [5.41, 5.74) is 2.76. The number of nitrogens with zero attached hydrogens (tertiary/aromatic N) is 6. The molecule has 0 unspecified atom stereocenters. The van der Waals surface area contributed by atoms with Gasteiger partial charge in [0.1, 0.15) is 60.2 Å². The van der Waals surface area contributed by atoms with E-state index in [2.05, 4.69) is 20.6 Å². The summed E-state index contributed by atoms with van der Waals surface area (Å²) in [6.07, 6.45) is -10.4. The van der Waals surface area contributed by atoms with E-state index in [1.165, 1.54) is 0 Å². The monoisotopic (exact) mass is 624 g/mol. The molecule has 1 aromatic carbocycles. The van der Waals surface area contributed by atoms with Crippen molar-refractivity contribution in [2.24, 2.45) is 0 Å². The molecule has 2 fully saturated rings. The molecule has 2 aromatic heterocycles. The fourth-order valence-electron chi connectivity index (χ4n) is 4.83. The van der Waals surface area contributed by atoms with E-state index in [0.29, 0.717) is 24.5 Å². The number of aliphatic hydroxyl groups excluding tert-OH is 8. The number of hydrogen-bond donors (Lipinski definition) is 8. The molecule has 2 aliphatic rings. The Morgan fingerprint density at radius 2 is 0.977 bits per heavy atom. The molecule has 0 aliphatic carbocycles. The van der Waals surface area contributed by atoms with Gasteiger partial charge in [-0.3, -0.25) is 0 Å². The first-order valence-corrected chi connectivity index (χ1v) is 13.9. The Hall–Kier alpha value is -2.98. The molecular weight excluding hydrogens is 588 g/mol. The summed E-state index contributed by atoms with van der Waals surface area (Å²) in [5, 5.41) is 94.6. The third-order valence-corrected chi connectivity index (χ3v) is 7.37. The molecule has 3 aromatic rings. The Labute approximate surface area is 250 Å². The summed E-state index contributed by atoms with van der Waals surface area (Å²) in [6, 6.07) is 7.67. The quantitative estimate of drug-likeness (QED) is 0.0946. The van der Waals surface area contributed by atoms with Gasteiger partial charge in [-0.25, -0.2) is 9.36 Å². The van der Waals surface area contributed by atoms with Gasteiger partial charge in [-0.15, -0.1) is 10.2 Å². The number of aromatic nitrogens is 6. The zero-order chi connectivity index (χ0) is 31.4. The second kappa shape index (κ2) is 14.4. The predicted octanol–water partition coefficient (Wildman–Crippen LogP) is -4.40. The number of benzene rings is 1. The van der Waals surface area contributed by atoms with Gasteiger partial charge in [0.15, 0.2) is 12.6 Å². The van der Waals surface area contributed by atoms with Crippen molar-refractivity contribution < 1.29 is 59.8 Å². The van der Waals surface area contributed by atoms with Gasteiger partial charge in [0.05, 0.1) is 51.9 Å². The third kappa shape index (κ3) is 7.45. The maximum atomic E-state index is 10.1. The smallest absolute Gasteiger partial charge is 0.187 e. The lowest BCUT2D eigenvalue weighted by Gasteiger charge is -2.39. The third-order valence-electron chi connectivity index (χ3n) is 7.37. The highest BCUT2D eigenvalue weighted by Gasteiger charge is 2.45. The SMILES string of the molecule is OC[C@H]1O[C@H](OCc2cn(Cc3ccc(Cn4cc(CO[C@H]5O[C@H](CO)[C@@H](O)[C@H](O)[C@@H]5O)nn4)cc3)nn2)[C@@H](O)[C@@H](O)[C@@H]1O. The van der Waals surface area contributed by atoms with E-state index in [-0.39, 0.29) is 13.2 Å². The van der Waals surface area contributed by atoms with Crippen molar-refractivity contribution in [3.05, 3.63) is 59.2 Å². The van der Waals surface area contributed by atoms with Crippen LogP contribution in [0, 0.1) is 0 Å². The molecule has 2 saturated heterocycles. The Balaban J connectivity index is 1.08. The Morgan fingerprint density at radius 3 is 1.34 bits per heavy atom. The van der Waals surface area contributed by atoms with Gasteiger partial charge in [0, 0.05) is 0 Å². The molecule has 0 spiro atoms. The van der Waals surface area contributed by atoms with Crippen LogP contribution in [0.2, 0.25) is 0 Å². The molecule has 5 rings (SSSR count).